The fourth-order valence-corrected chi connectivity index (χ4v) is 3.00. The van der Waals surface area contributed by atoms with Gasteiger partial charge in [0.15, 0.2) is 0 Å². The van der Waals surface area contributed by atoms with E-state index >= 15 is 0 Å². The average Bonchev–Trinajstić information content (AvgIpc) is 2.89. The Bertz CT molecular complexity index is 534. The number of nitrogens with two attached hydrogens (primary N) is 1. The average molecular weight is 290 g/mol. The molecule has 0 saturated carbocycles. The van der Waals surface area contributed by atoms with E-state index in [1.807, 2.05) is 12.1 Å². The summed E-state index contributed by atoms with van der Waals surface area (Å²) in [5, 5.41) is 1.05. The summed E-state index contributed by atoms with van der Waals surface area (Å²) < 4.78 is 5.60. The zero-order valence-corrected chi connectivity index (χ0v) is 13.0. The van der Waals surface area contributed by atoms with E-state index < -0.39 is 0 Å². The molecule has 0 bridgehead atoms. The second-order valence-electron chi connectivity index (χ2n) is 4.72. The molecule has 4 heteroatoms. The monoisotopic (exact) mass is 290 g/mol. The van der Waals surface area contributed by atoms with E-state index in [0.717, 1.165) is 47.9 Å². The van der Waals surface area contributed by atoms with Crippen LogP contribution in [0.5, 0.6) is 5.75 Å². The lowest BCUT2D eigenvalue weighted by molar-refractivity contribution is 0.317. The van der Waals surface area contributed by atoms with E-state index in [4.69, 9.17) is 15.5 Å². The third kappa shape index (κ3) is 3.58. The van der Waals surface area contributed by atoms with Crippen LogP contribution in [-0.2, 0) is 13.0 Å². The summed E-state index contributed by atoms with van der Waals surface area (Å²) in [4.78, 5) is 5.93. The number of hydrogen-bond acceptors (Lipinski definition) is 4. The Morgan fingerprint density at radius 1 is 1.15 bits per heavy atom. The number of hydrogen-bond donors (Lipinski definition) is 1. The maximum absolute atomic E-state index is 5.80. The first kappa shape index (κ1) is 15.0. The van der Waals surface area contributed by atoms with Crippen LogP contribution < -0.4 is 10.5 Å². The summed E-state index contributed by atoms with van der Waals surface area (Å²) in [6, 6.07) is 8.15. The van der Waals surface area contributed by atoms with E-state index in [-0.39, 0.29) is 0 Å². The van der Waals surface area contributed by atoms with Crippen molar-refractivity contribution in [3.8, 4) is 16.3 Å². The molecule has 1 heterocycles. The lowest BCUT2D eigenvalue weighted by Crippen LogP contribution is -1.97. The normalized spacial score (nSPS) is 10.8. The van der Waals surface area contributed by atoms with Gasteiger partial charge in [0, 0.05) is 17.0 Å². The van der Waals surface area contributed by atoms with Gasteiger partial charge in [-0.05, 0) is 37.1 Å². The van der Waals surface area contributed by atoms with Gasteiger partial charge in [-0.25, -0.2) is 4.98 Å². The number of nitrogens with zero attached hydrogens (tertiary/aromatic N) is 1. The Labute approximate surface area is 124 Å². The first-order chi connectivity index (χ1) is 9.78. The van der Waals surface area contributed by atoms with Crippen LogP contribution in [0.4, 0.5) is 0 Å². The molecule has 0 aliphatic carbocycles. The van der Waals surface area contributed by atoms with Gasteiger partial charge in [0.25, 0.3) is 0 Å². The van der Waals surface area contributed by atoms with Gasteiger partial charge < -0.3 is 10.5 Å². The molecule has 0 saturated heterocycles. The van der Waals surface area contributed by atoms with Crippen LogP contribution in [0.2, 0.25) is 0 Å². The third-order valence-electron chi connectivity index (χ3n) is 3.02. The van der Waals surface area contributed by atoms with Crippen LogP contribution in [0.3, 0.4) is 0 Å². The van der Waals surface area contributed by atoms with E-state index in [9.17, 15) is 0 Å². The summed E-state index contributed by atoms with van der Waals surface area (Å²) in [6.07, 6.45) is 3.12. The third-order valence-corrected chi connectivity index (χ3v) is 4.19. The van der Waals surface area contributed by atoms with Gasteiger partial charge >= 0.3 is 0 Å². The molecule has 20 heavy (non-hydrogen) atoms. The smallest absolute Gasteiger partial charge is 0.123 e. The summed E-state index contributed by atoms with van der Waals surface area (Å²) in [5.41, 5.74) is 8.09. The molecule has 2 aromatic rings. The van der Waals surface area contributed by atoms with Crippen molar-refractivity contribution in [2.75, 3.05) is 6.61 Å². The summed E-state index contributed by atoms with van der Waals surface area (Å²) in [7, 11) is 0. The highest BCUT2D eigenvalue weighted by Crippen LogP contribution is 2.29. The summed E-state index contributed by atoms with van der Waals surface area (Å²) in [5.74, 6) is 0.917. The van der Waals surface area contributed by atoms with E-state index in [2.05, 4.69) is 26.0 Å². The van der Waals surface area contributed by atoms with Crippen molar-refractivity contribution in [2.24, 2.45) is 5.73 Å². The van der Waals surface area contributed by atoms with Gasteiger partial charge in [-0.15, -0.1) is 11.3 Å². The van der Waals surface area contributed by atoms with Gasteiger partial charge in [0.05, 0.1) is 12.3 Å². The molecule has 3 nitrogen and oxygen atoms in total. The predicted molar refractivity (Wildman–Crippen MR) is 85.2 cm³/mol. The van der Waals surface area contributed by atoms with Crippen molar-refractivity contribution in [3.05, 3.63) is 34.8 Å². The fourth-order valence-electron chi connectivity index (χ4n) is 2.01. The van der Waals surface area contributed by atoms with Crippen LogP contribution in [0.15, 0.2) is 24.3 Å². The largest absolute Gasteiger partial charge is 0.494 e. The van der Waals surface area contributed by atoms with Gasteiger partial charge in [0.2, 0.25) is 0 Å². The zero-order chi connectivity index (χ0) is 14.4. The number of thiazole rings is 1. The molecule has 108 valence electrons. The van der Waals surface area contributed by atoms with Gasteiger partial charge in [-0.2, -0.15) is 0 Å². The van der Waals surface area contributed by atoms with Crippen LogP contribution in [0.25, 0.3) is 10.6 Å². The molecule has 1 aromatic carbocycles. The highest BCUT2D eigenvalue weighted by atomic mass is 32.1. The van der Waals surface area contributed by atoms with Gasteiger partial charge in [-0.3, -0.25) is 0 Å². The lowest BCUT2D eigenvalue weighted by atomic mass is 10.2. The Morgan fingerprint density at radius 2 is 1.90 bits per heavy atom. The van der Waals surface area contributed by atoms with Crippen LogP contribution >= 0.6 is 11.3 Å². The molecular formula is C16H22N2OS. The molecule has 0 unspecified atom stereocenters. The van der Waals surface area contributed by atoms with Crippen LogP contribution in [-0.4, -0.2) is 11.6 Å². The number of benzene rings is 1. The van der Waals surface area contributed by atoms with Crippen LogP contribution in [0.1, 0.15) is 37.3 Å². The van der Waals surface area contributed by atoms with Crippen molar-refractivity contribution >= 4 is 11.3 Å². The molecule has 0 aliphatic rings. The Morgan fingerprint density at radius 3 is 2.50 bits per heavy atom. The Balaban J connectivity index is 2.18. The molecule has 2 N–H and O–H groups in total. The molecule has 0 amide bonds. The molecule has 0 atom stereocenters. The standard InChI is InChI=1S/C16H22N2OS/c1-3-5-14-15(11-17)20-16(18-14)12-6-8-13(9-7-12)19-10-4-2/h6-9H,3-5,10-11,17H2,1-2H3. The summed E-state index contributed by atoms with van der Waals surface area (Å²) in [6.45, 7) is 5.60. The number of ether oxygens (including phenoxy) is 1. The molecule has 0 spiro atoms. The van der Waals surface area contributed by atoms with E-state index in [0.29, 0.717) is 6.54 Å². The topological polar surface area (TPSA) is 48.1 Å². The van der Waals surface area contributed by atoms with Crippen LogP contribution in [0, 0.1) is 0 Å². The molecule has 0 radical (unpaired) electrons. The first-order valence-corrected chi connectivity index (χ1v) is 8.02. The van der Waals surface area contributed by atoms with E-state index in [1.54, 1.807) is 11.3 Å². The molecule has 1 aromatic heterocycles. The van der Waals surface area contributed by atoms with E-state index in [1.165, 1.54) is 4.88 Å². The van der Waals surface area contributed by atoms with Crippen molar-refractivity contribution in [1.82, 2.24) is 4.98 Å². The Hall–Kier alpha value is -1.39. The van der Waals surface area contributed by atoms with Crippen molar-refractivity contribution < 1.29 is 4.74 Å². The SMILES string of the molecule is CCCOc1ccc(-c2nc(CCC)c(CN)s2)cc1. The number of rotatable bonds is 7. The molecule has 0 aliphatic heterocycles. The fraction of sp³-hybridized carbons (Fsp3) is 0.438. The molecule has 0 fully saturated rings. The number of aromatic nitrogens is 1. The summed E-state index contributed by atoms with van der Waals surface area (Å²) >= 11 is 1.70. The lowest BCUT2D eigenvalue weighted by Gasteiger charge is -2.04. The molecule has 2 rings (SSSR count). The van der Waals surface area contributed by atoms with Gasteiger partial charge in [-0.1, -0.05) is 20.3 Å². The second kappa shape index (κ2) is 7.41. The van der Waals surface area contributed by atoms with Crippen molar-refractivity contribution in [2.45, 2.75) is 39.7 Å². The molecular weight excluding hydrogens is 268 g/mol. The van der Waals surface area contributed by atoms with Crippen molar-refractivity contribution in [1.29, 1.82) is 0 Å². The zero-order valence-electron chi connectivity index (χ0n) is 12.2. The highest BCUT2D eigenvalue weighted by molar-refractivity contribution is 7.15. The number of aryl methyl sites for hydroxylation is 1. The minimum Gasteiger partial charge on any atom is -0.494 e. The minimum absolute atomic E-state index is 0.574. The quantitative estimate of drug-likeness (QED) is 0.838. The second-order valence-corrected chi connectivity index (χ2v) is 5.80. The highest BCUT2D eigenvalue weighted by Gasteiger charge is 2.10. The predicted octanol–water partition coefficient (Wildman–Crippen LogP) is 4.01. The first-order valence-electron chi connectivity index (χ1n) is 7.20. The minimum atomic E-state index is 0.574. The Kier molecular flexibility index (Phi) is 5.56. The van der Waals surface area contributed by atoms with Crippen molar-refractivity contribution in [3.63, 3.8) is 0 Å². The van der Waals surface area contributed by atoms with Gasteiger partial charge in [0.1, 0.15) is 10.8 Å². The maximum Gasteiger partial charge on any atom is 0.123 e. The maximum atomic E-state index is 5.80.